The van der Waals surface area contributed by atoms with Crippen LogP contribution < -0.4 is 14.8 Å². The molecule has 0 heterocycles. The van der Waals surface area contributed by atoms with Gasteiger partial charge in [0.15, 0.2) is 0 Å². The number of ether oxygens (including phenoxy) is 3. The molecule has 2 rings (SSSR count). The SMILES string of the molecule is CCOCCOc1ccc(NCC(C)Oc2cc(C)ccc2C)cc1. The van der Waals surface area contributed by atoms with Crippen LogP contribution in [0.2, 0.25) is 0 Å². The van der Waals surface area contributed by atoms with Crippen LogP contribution in [0.4, 0.5) is 5.69 Å². The number of nitrogens with one attached hydrogen (secondary N) is 1. The first-order valence-corrected chi connectivity index (χ1v) is 8.87. The summed E-state index contributed by atoms with van der Waals surface area (Å²) < 4.78 is 16.9. The van der Waals surface area contributed by atoms with Gasteiger partial charge in [-0.2, -0.15) is 0 Å². The zero-order chi connectivity index (χ0) is 18.1. The third kappa shape index (κ3) is 6.67. The normalized spacial score (nSPS) is 11.8. The molecule has 0 aliphatic carbocycles. The van der Waals surface area contributed by atoms with Gasteiger partial charge in [0.05, 0.1) is 13.2 Å². The molecule has 0 fully saturated rings. The number of hydrogen-bond acceptors (Lipinski definition) is 4. The summed E-state index contributed by atoms with van der Waals surface area (Å²) in [5.41, 5.74) is 3.42. The minimum atomic E-state index is 0.0719. The number of anilines is 1. The summed E-state index contributed by atoms with van der Waals surface area (Å²) in [6.07, 6.45) is 0.0719. The van der Waals surface area contributed by atoms with Gasteiger partial charge < -0.3 is 19.5 Å². The highest BCUT2D eigenvalue weighted by atomic mass is 16.5. The number of aryl methyl sites for hydroxylation is 2. The van der Waals surface area contributed by atoms with E-state index >= 15 is 0 Å². The minimum Gasteiger partial charge on any atom is -0.491 e. The van der Waals surface area contributed by atoms with Gasteiger partial charge in [-0.15, -0.1) is 0 Å². The third-order valence-corrected chi connectivity index (χ3v) is 3.82. The van der Waals surface area contributed by atoms with Gasteiger partial charge in [-0.3, -0.25) is 0 Å². The average molecular weight is 343 g/mol. The Morgan fingerprint density at radius 1 is 1.00 bits per heavy atom. The van der Waals surface area contributed by atoms with Gasteiger partial charge in [0.25, 0.3) is 0 Å². The molecule has 136 valence electrons. The van der Waals surface area contributed by atoms with E-state index in [1.54, 1.807) is 0 Å². The van der Waals surface area contributed by atoms with E-state index in [-0.39, 0.29) is 6.10 Å². The second-order valence-electron chi connectivity index (χ2n) is 6.15. The molecule has 0 aromatic heterocycles. The summed E-state index contributed by atoms with van der Waals surface area (Å²) in [4.78, 5) is 0. The van der Waals surface area contributed by atoms with Crippen molar-refractivity contribution >= 4 is 5.69 Å². The first-order chi connectivity index (χ1) is 12.1. The van der Waals surface area contributed by atoms with Gasteiger partial charge in [-0.1, -0.05) is 12.1 Å². The zero-order valence-electron chi connectivity index (χ0n) is 15.7. The maximum Gasteiger partial charge on any atom is 0.122 e. The Labute approximate surface area is 151 Å². The molecule has 0 spiro atoms. The summed E-state index contributed by atoms with van der Waals surface area (Å²) in [7, 11) is 0. The van der Waals surface area contributed by atoms with Crippen molar-refractivity contribution in [1.82, 2.24) is 0 Å². The van der Waals surface area contributed by atoms with Crippen LogP contribution in [0.15, 0.2) is 42.5 Å². The van der Waals surface area contributed by atoms with E-state index in [0.29, 0.717) is 19.8 Å². The fraction of sp³-hybridized carbons (Fsp3) is 0.429. The van der Waals surface area contributed by atoms with Crippen LogP contribution in [0.5, 0.6) is 11.5 Å². The molecule has 0 bridgehead atoms. The van der Waals surface area contributed by atoms with Crippen molar-refractivity contribution in [3.05, 3.63) is 53.6 Å². The smallest absolute Gasteiger partial charge is 0.122 e. The minimum absolute atomic E-state index is 0.0719. The van der Waals surface area contributed by atoms with E-state index in [4.69, 9.17) is 14.2 Å². The van der Waals surface area contributed by atoms with E-state index in [2.05, 4.69) is 44.3 Å². The molecule has 0 radical (unpaired) electrons. The van der Waals surface area contributed by atoms with Gasteiger partial charge in [0, 0.05) is 12.3 Å². The van der Waals surface area contributed by atoms with Crippen LogP contribution in [0.3, 0.4) is 0 Å². The molecule has 0 saturated carbocycles. The van der Waals surface area contributed by atoms with Crippen molar-refractivity contribution in [2.75, 3.05) is 31.7 Å². The Kier molecular flexibility index (Phi) is 7.61. The summed E-state index contributed by atoms with van der Waals surface area (Å²) in [6, 6.07) is 14.2. The predicted octanol–water partition coefficient (Wildman–Crippen LogP) is 4.60. The quantitative estimate of drug-likeness (QED) is 0.640. The Balaban J connectivity index is 1.77. The first-order valence-electron chi connectivity index (χ1n) is 8.87. The van der Waals surface area contributed by atoms with E-state index in [9.17, 15) is 0 Å². The molecule has 0 aliphatic heterocycles. The Hall–Kier alpha value is -2.20. The molecular formula is C21H29NO3. The molecule has 1 atom stereocenters. The largest absolute Gasteiger partial charge is 0.491 e. The topological polar surface area (TPSA) is 39.7 Å². The fourth-order valence-corrected chi connectivity index (χ4v) is 2.39. The molecule has 2 aromatic carbocycles. The van der Waals surface area contributed by atoms with Crippen LogP contribution in [0, 0.1) is 13.8 Å². The molecule has 25 heavy (non-hydrogen) atoms. The van der Waals surface area contributed by atoms with E-state index < -0.39 is 0 Å². The molecule has 4 nitrogen and oxygen atoms in total. The highest BCUT2D eigenvalue weighted by molar-refractivity contribution is 5.46. The molecule has 1 unspecified atom stereocenters. The molecule has 4 heteroatoms. The van der Waals surface area contributed by atoms with Crippen LogP contribution >= 0.6 is 0 Å². The lowest BCUT2D eigenvalue weighted by molar-refractivity contribution is 0.110. The van der Waals surface area contributed by atoms with Crippen LogP contribution in [-0.2, 0) is 4.74 Å². The van der Waals surface area contributed by atoms with Crippen molar-refractivity contribution in [2.24, 2.45) is 0 Å². The van der Waals surface area contributed by atoms with Crippen molar-refractivity contribution in [1.29, 1.82) is 0 Å². The third-order valence-electron chi connectivity index (χ3n) is 3.82. The van der Waals surface area contributed by atoms with Gasteiger partial charge in [0.2, 0.25) is 0 Å². The Morgan fingerprint density at radius 2 is 1.76 bits per heavy atom. The van der Waals surface area contributed by atoms with Gasteiger partial charge >= 0.3 is 0 Å². The summed E-state index contributed by atoms with van der Waals surface area (Å²) >= 11 is 0. The number of rotatable bonds is 10. The van der Waals surface area contributed by atoms with E-state index in [0.717, 1.165) is 29.3 Å². The lowest BCUT2D eigenvalue weighted by Gasteiger charge is -2.18. The molecule has 0 aliphatic rings. The van der Waals surface area contributed by atoms with Crippen molar-refractivity contribution in [3.63, 3.8) is 0 Å². The second-order valence-corrected chi connectivity index (χ2v) is 6.15. The van der Waals surface area contributed by atoms with Gasteiger partial charge in [-0.25, -0.2) is 0 Å². The Bertz CT molecular complexity index is 640. The predicted molar refractivity (Wildman–Crippen MR) is 103 cm³/mol. The zero-order valence-corrected chi connectivity index (χ0v) is 15.7. The molecule has 0 saturated heterocycles. The lowest BCUT2D eigenvalue weighted by Crippen LogP contribution is -2.23. The van der Waals surface area contributed by atoms with Crippen LogP contribution in [-0.4, -0.2) is 32.5 Å². The summed E-state index contributed by atoms with van der Waals surface area (Å²) in [5.74, 6) is 1.80. The molecule has 0 amide bonds. The molecule has 2 aromatic rings. The fourth-order valence-electron chi connectivity index (χ4n) is 2.39. The van der Waals surface area contributed by atoms with Crippen molar-refractivity contribution < 1.29 is 14.2 Å². The Morgan fingerprint density at radius 3 is 2.48 bits per heavy atom. The number of benzene rings is 2. The summed E-state index contributed by atoms with van der Waals surface area (Å²) in [6.45, 7) is 10.8. The number of hydrogen-bond donors (Lipinski definition) is 1. The van der Waals surface area contributed by atoms with Gasteiger partial charge in [-0.05, 0) is 69.2 Å². The van der Waals surface area contributed by atoms with Crippen molar-refractivity contribution in [2.45, 2.75) is 33.8 Å². The average Bonchev–Trinajstić information content (AvgIpc) is 2.61. The van der Waals surface area contributed by atoms with Crippen LogP contribution in [0.1, 0.15) is 25.0 Å². The highest BCUT2D eigenvalue weighted by Crippen LogP contribution is 2.21. The van der Waals surface area contributed by atoms with E-state index in [1.165, 1.54) is 5.56 Å². The maximum absolute atomic E-state index is 6.05. The van der Waals surface area contributed by atoms with Gasteiger partial charge in [0.1, 0.15) is 24.2 Å². The molecule has 1 N–H and O–H groups in total. The standard InChI is InChI=1S/C21H29NO3/c1-5-23-12-13-24-20-10-8-19(9-11-20)22-15-18(4)25-21-14-16(2)6-7-17(21)3/h6-11,14,18,22H,5,12-13,15H2,1-4H3. The van der Waals surface area contributed by atoms with Crippen LogP contribution in [0.25, 0.3) is 0 Å². The lowest BCUT2D eigenvalue weighted by atomic mass is 10.1. The second kappa shape index (κ2) is 9.94. The first kappa shape index (κ1) is 19.1. The van der Waals surface area contributed by atoms with Crippen molar-refractivity contribution in [3.8, 4) is 11.5 Å². The maximum atomic E-state index is 6.05. The summed E-state index contributed by atoms with van der Waals surface area (Å²) in [5, 5.41) is 3.40. The molecular weight excluding hydrogens is 314 g/mol. The van der Waals surface area contributed by atoms with E-state index in [1.807, 2.05) is 31.2 Å². The highest BCUT2D eigenvalue weighted by Gasteiger charge is 2.07. The monoisotopic (exact) mass is 343 g/mol.